The average molecular weight is 277 g/mol. The van der Waals surface area contributed by atoms with E-state index in [1.807, 2.05) is 0 Å². The molecule has 0 spiro atoms. The lowest BCUT2D eigenvalue weighted by Gasteiger charge is -2.13. The Bertz CT molecular complexity index is 631. The van der Waals surface area contributed by atoms with Gasteiger partial charge in [-0.15, -0.1) is 0 Å². The minimum atomic E-state index is -0.560. The molecule has 8 heteroatoms. The Hall–Kier alpha value is -2.64. The Labute approximate surface area is 113 Å². The third-order valence-corrected chi connectivity index (χ3v) is 3.03. The third kappa shape index (κ3) is 2.27. The van der Waals surface area contributed by atoms with Crippen LogP contribution in [0.1, 0.15) is 0 Å². The van der Waals surface area contributed by atoms with Gasteiger partial charge < -0.3 is 10.5 Å². The summed E-state index contributed by atoms with van der Waals surface area (Å²) in [5.74, 6) is -0.560. The molecule has 1 amide bonds. The van der Waals surface area contributed by atoms with E-state index in [2.05, 4.69) is 10.1 Å². The van der Waals surface area contributed by atoms with Crippen LogP contribution in [0.25, 0.3) is 0 Å². The number of aromatic nitrogens is 3. The van der Waals surface area contributed by atoms with Gasteiger partial charge in [-0.25, -0.2) is 18.9 Å². The number of cyclic esters (lactones) is 1. The highest BCUT2D eigenvalue weighted by molar-refractivity contribution is 5.89. The lowest BCUT2D eigenvalue weighted by molar-refractivity contribution is 0.129. The summed E-state index contributed by atoms with van der Waals surface area (Å²) in [7, 11) is 0. The Morgan fingerprint density at radius 2 is 2.35 bits per heavy atom. The van der Waals surface area contributed by atoms with Crippen molar-refractivity contribution in [3.8, 4) is 0 Å². The van der Waals surface area contributed by atoms with Gasteiger partial charge in [-0.1, -0.05) is 0 Å². The second-order valence-electron chi connectivity index (χ2n) is 4.44. The predicted molar refractivity (Wildman–Crippen MR) is 68.4 cm³/mol. The number of hydrogen-bond acceptors (Lipinski definition) is 5. The van der Waals surface area contributed by atoms with Crippen molar-refractivity contribution < 1.29 is 13.9 Å². The smallest absolute Gasteiger partial charge is 0.414 e. The molecule has 1 fully saturated rings. The molecule has 0 saturated carbocycles. The van der Waals surface area contributed by atoms with Crippen LogP contribution in [0.15, 0.2) is 30.9 Å². The first-order chi connectivity index (χ1) is 9.63. The maximum Gasteiger partial charge on any atom is 0.414 e. The lowest BCUT2D eigenvalue weighted by Crippen LogP contribution is -2.26. The molecule has 1 unspecified atom stereocenters. The number of rotatable bonds is 3. The van der Waals surface area contributed by atoms with Gasteiger partial charge in [0.05, 0.1) is 24.5 Å². The topological polar surface area (TPSA) is 86.3 Å². The van der Waals surface area contributed by atoms with Gasteiger partial charge in [-0.2, -0.15) is 5.10 Å². The maximum absolute atomic E-state index is 13.4. The monoisotopic (exact) mass is 277 g/mol. The predicted octanol–water partition coefficient (Wildman–Crippen LogP) is 1.02. The molecule has 0 bridgehead atoms. The zero-order valence-corrected chi connectivity index (χ0v) is 10.4. The first-order valence-electron chi connectivity index (χ1n) is 5.99. The number of nitrogens with two attached hydrogens (primary N) is 1. The summed E-state index contributed by atoms with van der Waals surface area (Å²) in [6.07, 6.45) is 2.08. The van der Waals surface area contributed by atoms with Crippen molar-refractivity contribution in [2.45, 2.75) is 12.6 Å². The normalized spacial score (nSPS) is 18.4. The Morgan fingerprint density at radius 3 is 3.05 bits per heavy atom. The maximum atomic E-state index is 13.4. The molecule has 0 radical (unpaired) electrons. The van der Waals surface area contributed by atoms with E-state index in [0.717, 1.165) is 0 Å². The molecular weight excluding hydrogens is 265 g/mol. The van der Waals surface area contributed by atoms with Gasteiger partial charge in [0.1, 0.15) is 24.6 Å². The summed E-state index contributed by atoms with van der Waals surface area (Å²) in [4.78, 5) is 17.0. The van der Waals surface area contributed by atoms with E-state index in [1.165, 1.54) is 23.4 Å². The Morgan fingerprint density at radius 1 is 1.50 bits per heavy atom. The molecule has 1 atom stereocenters. The number of carbonyl (C=O) groups is 1. The number of halogens is 1. The fourth-order valence-corrected chi connectivity index (χ4v) is 2.05. The first kappa shape index (κ1) is 12.4. The summed E-state index contributed by atoms with van der Waals surface area (Å²) in [6, 6.07) is 4.22. The van der Waals surface area contributed by atoms with E-state index >= 15 is 0 Å². The molecule has 20 heavy (non-hydrogen) atoms. The van der Waals surface area contributed by atoms with E-state index < -0.39 is 11.9 Å². The third-order valence-electron chi connectivity index (χ3n) is 3.03. The molecule has 1 aromatic heterocycles. The quantitative estimate of drug-likeness (QED) is 0.847. The number of amides is 1. The summed E-state index contributed by atoms with van der Waals surface area (Å²) < 4.78 is 20.2. The fourth-order valence-electron chi connectivity index (χ4n) is 2.05. The molecule has 1 aliphatic heterocycles. The average Bonchev–Trinajstić information content (AvgIpc) is 3.03. The van der Waals surface area contributed by atoms with Crippen LogP contribution in [0.3, 0.4) is 0 Å². The largest absolute Gasteiger partial charge is 0.442 e. The molecule has 1 aliphatic rings. The number of nitrogen functional groups attached to an aromatic ring is 1. The SMILES string of the molecule is Nc1ccc(N2CC(Cn3cncn3)OC2=O)cc1F. The lowest BCUT2D eigenvalue weighted by atomic mass is 10.2. The molecule has 104 valence electrons. The molecule has 2 heterocycles. The van der Waals surface area contributed by atoms with E-state index in [4.69, 9.17) is 10.5 Å². The van der Waals surface area contributed by atoms with Crippen molar-refractivity contribution >= 4 is 17.5 Å². The molecule has 0 aliphatic carbocycles. The molecule has 2 aromatic rings. The van der Waals surface area contributed by atoms with Gasteiger partial charge in [0.15, 0.2) is 0 Å². The van der Waals surface area contributed by atoms with Gasteiger partial charge in [0.25, 0.3) is 0 Å². The molecule has 3 rings (SSSR count). The summed E-state index contributed by atoms with van der Waals surface area (Å²) in [5, 5.41) is 3.95. The zero-order valence-electron chi connectivity index (χ0n) is 10.4. The van der Waals surface area contributed by atoms with Gasteiger partial charge in [0, 0.05) is 0 Å². The van der Waals surface area contributed by atoms with Gasteiger partial charge in [0.2, 0.25) is 0 Å². The number of ether oxygens (including phenoxy) is 1. The molecule has 1 aromatic carbocycles. The van der Waals surface area contributed by atoms with Crippen LogP contribution in [0.2, 0.25) is 0 Å². The van der Waals surface area contributed by atoms with Crippen LogP contribution in [0.5, 0.6) is 0 Å². The Kier molecular flexibility index (Phi) is 2.97. The van der Waals surface area contributed by atoms with Crippen molar-refractivity contribution in [1.29, 1.82) is 0 Å². The van der Waals surface area contributed by atoms with Gasteiger partial charge in [-0.05, 0) is 18.2 Å². The highest BCUT2D eigenvalue weighted by atomic mass is 19.1. The Balaban J connectivity index is 1.75. The van der Waals surface area contributed by atoms with Crippen LogP contribution >= 0.6 is 0 Å². The molecule has 2 N–H and O–H groups in total. The van der Waals surface area contributed by atoms with E-state index in [0.29, 0.717) is 18.8 Å². The number of nitrogens with zero attached hydrogens (tertiary/aromatic N) is 4. The highest BCUT2D eigenvalue weighted by Crippen LogP contribution is 2.25. The minimum Gasteiger partial charge on any atom is -0.442 e. The van der Waals surface area contributed by atoms with E-state index in [9.17, 15) is 9.18 Å². The van der Waals surface area contributed by atoms with Crippen molar-refractivity contribution in [3.63, 3.8) is 0 Å². The van der Waals surface area contributed by atoms with Gasteiger partial charge >= 0.3 is 6.09 Å². The van der Waals surface area contributed by atoms with E-state index in [1.54, 1.807) is 17.1 Å². The number of carbonyl (C=O) groups excluding carboxylic acids is 1. The second-order valence-corrected chi connectivity index (χ2v) is 4.44. The zero-order chi connectivity index (χ0) is 14.1. The summed E-state index contributed by atoms with van der Waals surface area (Å²) in [5.41, 5.74) is 5.87. The van der Waals surface area contributed by atoms with Crippen LogP contribution < -0.4 is 10.6 Å². The number of benzene rings is 1. The van der Waals surface area contributed by atoms with Crippen molar-refractivity contribution in [2.24, 2.45) is 0 Å². The first-order valence-corrected chi connectivity index (χ1v) is 5.99. The molecule has 1 saturated heterocycles. The van der Waals surface area contributed by atoms with E-state index in [-0.39, 0.29) is 11.8 Å². The van der Waals surface area contributed by atoms with Crippen LogP contribution in [0.4, 0.5) is 20.6 Å². The van der Waals surface area contributed by atoms with Crippen LogP contribution in [-0.2, 0) is 11.3 Å². The number of hydrogen-bond donors (Lipinski definition) is 1. The summed E-state index contributed by atoms with van der Waals surface area (Å²) >= 11 is 0. The second kappa shape index (κ2) is 4.80. The molecular formula is C12H12FN5O2. The van der Waals surface area contributed by atoms with Crippen molar-refractivity contribution in [2.75, 3.05) is 17.2 Å². The van der Waals surface area contributed by atoms with Gasteiger partial charge in [-0.3, -0.25) is 4.90 Å². The minimum absolute atomic E-state index is 0.0421. The fraction of sp³-hybridized carbons (Fsp3) is 0.250. The number of anilines is 2. The standard InChI is InChI=1S/C12H12FN5O2/c13-10-3-8(1-2-11(10)14)18-5-9(20-12(18)19)4-17-7-15-6-16-17/h1-3,6-7,9H,4-5,14H2. The molecule has 7 nitrogen and oxygen atoms in total. The van der Waals surface area contributed by atoms with Crippen molar-refractivity contribution in [1.82, 2.24) is 14.8 Å². The highest BCUT2D eigenvalue weighted by Gasteiger charge is 2.33. The van der Waals surface area contributed by atoms with Crippen LogP contribution in [0, 0.1) is 5.82 Å². The van der Waals surface area contributed by atoms with Crippen molar-refractivity contribution in [3.05, 3.63) is 36.7 Å². The van der Waals surface area contributed by atoms with Crippen LogP contribution in [-0.4, -0.2) is 33.5 Å². The summed E-state index contributed by atoms with van der Waals surface area (Å²) in [6.45, 7) is 0.724.